The minimum atomic E-state index is -3.57. The number of carbonyl (C=O) groups is 1. The first-order chi connectivity index (χ1) is 13.8. The highest BCUT2D eigenvalue weighted by Gasteiger charge is 2.26. The Morgan fingerprint density at radius 2 is 1.86 bits per heavy atom. The van der Waals surface area contributed by atoms with Gasteiger partial charge in [-0.1, -0.05) is 17.7 Å². The minimum absolute atomic E-state index is 0.197. The van der Waals surface area contributed by atoms with Crippen LogP contribution >= 0.6 is 11.6 Å². The highest BCUT2D eigenvalue weighted by Crippen LogP contribution is 2.25. The quantitative estimate of drug-likeness (QED) is 0.749. The third-order valence-electron chi connectivity index (χ3n) is 4.57. The average Bonchev–Trinajstić information content (AvgIpc) is 2.70. The summed E-state index contributed by atoms with van der Waals surface area (Å²) in [6.07, 6.45) is 0. The summed E-state index contributed by atoms with van der Waals surface area (Å²) in [6, 6.07) is 9.86. The lowest BCUT2D eigenvalue weighted by Gasteiger charge is -2.26. The molecule has 156 valence electrons. The number of halogens is 1. The van der Waals surface area contributed by atoms with Crippen molar-refractivity contribution in [3.8, 4) is 5.75 Å². The van der Waals surface area contributed by atoms with Gasteiger partial charge in [0.15, 0.2) is 6.61 Å². The fourth-order valence-electron chi connectivity index (χ4n) is 2.89. The Morgan fingerprint density at radius 3 is 2.52 bits per heavy atom. The zero-order chi connectivity index (χ0) is 21.0. The van der Waals surface area contributed by atoms with Crippen molar-refractivity contribution in [3.63, 3.8) is 0 Å². The molecule has 0 aromatic heterocycles. The highest BCUT2D eigenvalue weighted by molar-refractivity contribution is 7.89. The fraction of sp³-hybridized carbons (Fsp3) is 0.350. The monoisotopic (exact) mass is 438 g/mol. The Morgan fingerprint density at radius 1 is 1.14 bits per heavy atom. The number of rotatable bonds is 6. The molecule has 2 aromatic rings. The molecule has 1 N–H and O–H groups in total. The van der Waals surface area contributed by atoms with E-state index in [9.17, 15) is 13.2 Å². The number of benzene rings is 2. The third kappa shape index (κ3) is 5.27. The van der Waals surface area contributed by atoms with E-state index in [0.717, 1.165) is 5.56 Å². The van der Waals surface area contributed by atoms with E-state index in [1.807, 2.05) is 13.0 Å². The van der Waals surface area contributed by atoms with Crippen molar-refractivity contribution in [2.24, 2.45) is 0 Å². The van der Waals surface area contributed by atoms with Gasteiger partial charge in [-0.3, -0.25) is 4.79 Å². The number of anilines is 1. The maximum atomic E-state index is 12.7. The predicted octanol–water partition coefficient (Wildman–Crippen LogP) is 3.00. The number of morpholine rings is 1. The molecular weight excluding hydrogens is 416 g/mol. The molecule has 29 heavy (non-hydrogen) atoms. The molecule has 0 saturated carbocycles. The largest absolute Gasteiger partial charge is 0.483 e. The average molecular weight is 439 g/mol. The summed E-state index contributed by atoms with van der Waals surface area (Å²) in [5.74, 6) is 0.109. The van der Waals surface area contributed by atoms with E-state index < -0.39 is 10.0 Å². The van der Waals surface area contributed by atoms with Gasteiger partial charge in [0.2, 0.25) is 10.0 Å². The van der Waals surface area contributed by atoms with Crippen molar-refractivity contribution in [1.29, 1.82) is 0 Å². The molecule has 1 heterocycles. The first kappa shape index (κ1) is 21.6. The van der Waals surface area contributed by atoms with E-state index in [4.69, 9.17) is 21.1 Å². The van der Waals surface area contributed by atoms with Crippen LogP contribution in [0.2, 0.25) is 5.02 Å². The molecule has 1 fully saturated rings. The number of nitrogens with one attached hydrogen (secondary N) is 1. The lowest BCUT2D eigenvalue weighted by atomic mass is 10.2. The molecule has 9 heteroatoms. The molecule has 0 atom stereocenters. The summed E-state index contributed by atoms with van der Waals surface area (Å²) >= 11 is 6.06. The van der Waals surface area contributed by atoms with Gasteiger partial charge in [-0.15, -0.1) is 0 Å². The lowest BCUT2D eigenvalue weighted by Crippen LogP contribution is -2.40. The van der Waals surface area contributed by atoms with Crippen molar-refractivity contribution in [1.82, 2.24) is 4.31 Å². The van der Waals surface area contributed by atoms with Crippen LogP contribution in [0.3, 0.4) is 0 Å². The van der Waals surface area contributed by atoms with Crippen LogP contribution in [0.4, 0.5) is 5.69 Å². The molecule has 0 unspecified atom stereocenters. The van der Waals surface area contributed by atoms with E-state index >= 15 is 0 Å². The van der Waals surface area contributed by atoms with E-state index in [1.165, 1.54) is 10.4 Å². The van der Waals surface area contributed by atoms with Crippen LogP contribution in [0.5, 0.6) is 5.75 Å². The number of amides is 1. The Balaban J connectivity index is 1.63. The first-order valence-corrected chi connectivity index (χ1v) is 11.0. The Labute approximate surface area is 175 Å². The number of ether oxygens (including phenoxy) is 2. The van der Waals surface area contributed by atoms with E-state index in [1.54, 1.807) is 31.2 Å². The minimum Gasteiger partial charge on any atom is -0.483 e. The second-order valence-corrected chi connectivity index (χ2v) is 9.09. The van der Waals surface area contributed by atoms with Gasteiger partial charge in [-0.25, -0.2) is 8.42 Å². The molecule has 1 aliphatic rings. The molecule has 1 aliphatic heterocycles. The molecule has 1 amide bonds. The van der Waals surface area contributed by atoms with Gasteiger partial charge in [-0.05, 0) is 55.3 Å². The second kappa shape index (κ2) is 9.13. The van der Waals surface area contributed by atoms with Gasteiger partial charge >= 0.3 is 0 Å². The number of nitrogens with zero attached hydrogens (tertiary/aromatic N) is 1. The van der Waals surface area contributed by atoms with Crippen LogP contribution in [0, 0.1) is 13.8 Å². The molecule has 0 aliphatic carbocycles. The van der Waals surface area contributed by atoms with Crippen molar-refractivity contribution >= 4 is 33.2 Å². The smallest absolute Gasteiger partial charge is 0.262 e. The Hall–Kier alpha value is -2.13. The van der Waals surface area contributed by atoms with Gasteiger partial charge < -0.3 is 14.8 Å². The van der Waals surface area contributed by atoms with Crippen molar-refractivity contribution in [2.75, 3.05) is 38.2 Å². The van der Waals surface area contributed by atoms with Gasteiger partial charge in [-0.2, -0.15) is 4.31 Å². The summed E-state index contributed by atoms with van der Waals surface area (Å²) in [6.45, 7) is 4.86. The summed E-state index contributed by atoms with van der Waals surface area (Å²) in [5, 5.41) is 3.28. The number of hydrogen-bond acceptors (Lipinski definition) is 5. The number of aryl methyl sites for hydroxylation is 2. The summed E-state index contributed by atoms with van der Waals surface area (Å²) in [7, 11) is -3.57. The first-order valence-electron chi connectivity index (χ1n) is 9.15. The van der Waals surface area contributed by atoms with Crippen molar-refractivity contribution < 1.29 is 22.7 Å². The molecule has 0 spiro atoms. The predicted molar refractivity (Wildman–Crippen MR) is 111 cm³/mol. The maximum absolute atomic E-state index is 12.7. The second-order valence-electron chi connectivity index (χ2n) is 6.74. The van der Waals surface area contributed by atoms with Crippen molar-refractivity contribution in [2.45, 2.75) is 18.7 Å². The van der Waals surface area contributed by atoms with Gasteiger partial charge in [0.05, 0.1) is 18.1 Å². The van der Waals surface area contributed by atoms with Crippen LogP contribution < -0.4 is 10.1 Å². The van der Waals surface area contributed by atoms with Gasteiger partial charge in [0.25, 0.3) is 5.91 Å². The zero-order valence-corrected chi connectivity index (χ0v) is 17.8. The van der Waals surface area contributed by atoms with Crippen molar-refractivity contribution in [3.05, 3.63) is 52.5 Å². The molecule has 2 aromatic carbocycles. The fourth-order valence-corrected chi connectivity index (χ4v) is 4.57. The van der Waals surface area contributed by atoms with Crippen LogP contribution in [-0.4, -0.2) is 51.5 Å². The lowest BCUT2D eigenvalue weighted by molar-refractivity contribution is -0.118. The van der Waals surface area contributed by atoms with Crippen LogP contribution in [-0.2, 0) is 19.6 Å². The Bertz CT molecular complexity index is 1000. The number of carbonyl (C=O) groups excluding carboxylic acids is 1. The molecule has 1 saturated heterocycles. The van der Waals surface area contributed by atoms with Crippen LogP contribution in [0.1, 0.15) is 11.1 Å². The van der Waals surface area contributed by atoms with Gasteiger partial charge in [0.1, 0.15) is 5.75 Å². The molecule has 3 rings (SSSR count). The SMILES string of the molecule is Cc1ccc(NC(=O)COc2ccc(S(=O)(=O)N3CCOCC3)cc2C)cc1Cl. The summed E-state index contributed by atoms with van der Waals surface area (Å²) < 4.78 is 37.6. The summed E-state index contributed by atoms with van der Waals surface area (Å²) in [4.78, 5) is 12.3. The van der Waals surface area contributed by atoms with Gasteiger partial charge in [0, 0.05) is 23.8 Å². The molecule has 7 nitrogen and oxygen atoms in total. The van der Waals surface area contributed by atoms with E-state index in [2.05, 4.69) is 5.32 Å². The highest BCUT2D eigenvalue weighted by atomic mass is 35.5. The topological polar surface area (TPSA) is 84.9 Å². The molecular formula is C20H23ClN2O5S. The van der Waals surface area contributed by atoms with Crippen LogP contribution in [0.25, 0.3) is 0 Å². The maximum Gasteiger partial charge on any atom is 0.262 e. The Kier molecular flexibility index (Phi) is 6.79. The molecule has 0 radical (unpaired) electrons. The summed E-state index contributed by atoms with van der Waals surface area (Å²) in [5.41, 5.74) is 2.13. The van der Waals surface area contributed by atoms with E-state index in [0.29, 0.717) is 48.3 Å². The van der Waals surface area contributed by atoms with Crippen LogP contribution in [0.15, 0.2) is 41.3 Å². The standard InChI is InChI=1S/C20H23ClN2O5S/c1-14-3-4-16(12-18(14)21)22-20(24)13-28-19-6-5-17(11-15(19)2)29(25,26)23-7-9-27-10-8-23/h3-6,11-12H,7-10,13H2,1-2H3,(H,22,24). The zero-order valence-electron chi connectivity index (χ0n) is 16.3. The number of hydrogen-bond donors (Lipinski definition) is 1. The normalized spacial score (nSPS) is 15.1. The molecule has 0 bridgehead atoms. The number of sulfonamides is 1. The third-order valence-corrected chi connectivity index (χ3v) is 6.87. The van der Waals surface area contributed by atoms with E-state index in [-0.39, 0.29) is 17.4 Å².